The van der Waals surface area contributed by atoms with Gasteiger partial charge in [-0.1, -0.05) is 24.1 Å². The van der Waals surface area contributed by atoms with E-state index in [4.69, 9.17) is 12.2 Å². The summed E-state index contributed by atoms with van der Waals surface area (Å²) in [6.07, 6.45) is 8.93. The summed E-state index contributed by atoms with van der Waals surface area (Å²) in [6.45, 7) is 0. The highest BCUT2D eigenvalue weighted by Gasteiger charge is 2.12. The summed E-state index contributed by atoms with van der Waals surface area (Å²) < 4.78 is 0. The lowest BCUT2D eigenvalue weighted by Crippen LogP contribution is -2.07. The monoisotopic (exact) mass is 171 g/mol. The van der Waals surface area contributed by atoms with Crippen LogP contribution in [0.3, 0.4) is 0 Å². The van der Waals surface area contributed by atoms with Crippen LogP contribution in [0.25, 0.3) is 0 Å². The van der Waals surface area contributed by atoms with Gasteiger partial charge in [-0.25, -0.2) is 0 Å². The lowest BCUT2D eigenvalue weighted by molar-refractivity contribution is 0.909. The number of rotatable bonds is 1. The van der Waals surface area contributed by atoms with Crippen LogP contribution in [-0.2, 0) is 12.8 Å². The molecular formula is C12H13N. The fourth-order valence-electron chi connectivity index (χ4n) is 1.88. The van der Waals surface area contributed by atoms with Crippen LogP contribution in [0, 0.1) is 12.3 Å². The van der Waals surface area contributed by atoms with E-state index in [0.29, 0.717) is 0 Å². The Morgan fingerprint density at radius 3 is 2.85 bits per heavy atom. The zero-order chi connectivity index (χ0) is 9.26. The molecule has 1 aliphatic carbocycles. The smallest absolute Gasteiger partial charge is 0.0918 e. The van der Waals surface area contributed by atoms with Crippen LogP contribution in [-0.4, -0.2) is 0 Å². The molecule has 2 rings (SSSR count). The van der Waals surface area contributed by atoms with Gasteiger partial charge in [0.1, 0.15) is 0 Å². The molecule has 1 unspecified atom stereocenters. The van der Waals surface area contributed by atoms with Crippen molar-refractivity contribution in [3.8, 4) is 12.3 Å². The summed E-state index contributed by atoms with van der Waals surface area (Å²) in [5.41, 5.74) is 9.72. The van der Waals surface area contributed by atoms with Crippen LogP contribution < -0.4 is 5.73 Å². The van der Waals surface area contributed by atoms with Crippen LogP contribution in [0.4, 0.5) is 0 Å². The minimum Gasteiger partial charge on any atom is -0.314 e. The van der Waals surface area contributed by atoms with Crippen LogP contribution >= 0.6 is 0 Å². The highest BCUT2D eigenvalue weighted by Crippen LogP contribution is 2.24. The number of hydrogen-bond donors (Lipinski definition) is 1. The Morgan fingerprint density at radius 2 is 2.08 bits per heavy atom. The van der Waals surface area contributed by atoms with Gasteiger partial charge in [0, 0.05) is 0 Å². The molecule has 0 aromatic heterocycles. The normalized spacial score (nSPS) is 16.3. The third kappa shape index (κ3) is 1.46. The molecule has 0 bridgehead atoms. The van der Waals surface area contributed by atoms with E-state index < -0.39 is 0 Å². The van der Waals surface area contributed by atoms with E-state index in [0.717, 1.165) is 5.56 Å². The molecule has 1 atom stereocenters. The first-order valence-corrected chi connectivity index (χ1v) is 4.64. The molecule has 1 aromatic carbocycles. The van der Waals surface area contributed by atoms with Crippen molar-refractivity contribution in [3.05, 3.63) is 34.9 Å². The van der Waals surface area contributed by atoms with Gasteiger partial charge in [0.15, 0.2) is 0 Å². The van der Waals surface area contributed by atoms with Crippen molar-refractivity contribution < 1.29 is 0 Å². The Bertz CT molecular complexity index is 360. The fourth-order valence-corrected chi connectivity index (χ4v) is 1.88. The molecule has 1 aromatic rings. The molecule has 0 fully saturated rings. The maximum atomic E-state index is 5.75. The lowest BCUT2D eigenvalue weighted by Gasteiger charge is -2.06. The second-order valence-corrected chi connectivity index (χ2v) is 3.53. The second-order valence-electron chi connectivity index (χ2n) is 3.53. The summed E-state index contributed by atoms with van der Waals surface area (Å²) in [6, 6.07) is 6.13. The van der Waals surface area contributed by atoms with Gasteiger partial charge in [0.2, 0.25) is 0 Å². The zero-order valence-corrected chi connectivity index (χ0v) is 7.59. The van der Waals surface area contributed by atoms with Crippen molar-refractivity contribution in [2.75, 3.05) is 0 Å². The van der Waals surface area contributed by atoms with Crippen molar-refractivity contribution >= 4 is 0 Å². The van der Waals surface area contributed by atoms with E-state index in [1.165, 1.54) is 30.4 Å². The SMILES string of the molecule is C#CC(N)c1ccc2c(c1)CCC2. The van der Waals surface area contributed by atoms with Crippen molar-refractivity contribution in [1.29, 1.82) is 0 Å². The van der Waals surface area contributed by atoms with Gasteiger partial charge in [-0.15, -0.1) is 6.42 Å². The van der Waals surface area contributed by atoms with E-state index in [1.807, 2.05) is 0 Å². The zero-order valence-electron chi connectivity index (χ0n) is 7.59. The van der Waals surface area contributed by atoms with E-state index in [1.54, 1.807) is 0 Å². The number of nitrogens with two attached hydrogens (primary N) is 1. The van der Waals surface area contributed by atoms with E-state index >= 15 is 0 Å². The maximum Gasteiger partial charge on any atom is 0.0918 e. The minimum atomic E-state index is -0.245. The number of terminal acetylenes is 1. The topological polar surface area (TPSA) is 26.0 Å². The molecule has 0 saturated heterocycles. The van der Waals surface area contributed by atoms with Gasteiger partial charge >= 0.3 is 0 Å². The Hall–Kier alpha value is -1.26. The third-order valence-corrected chi connectivity index (χ3v) is 2.66. The van der Waals surface area contributed by atoms with Crippen LogP contribution in [0.1, 0.15) is 29.2 Å². The predicted octanol–water partition coefficient (Wildman–Crippen LogP) is 1.81. The molecule has 0 saturated carbocycles. The highest BCUT2D eigenvalue weighted by molar-refractivity contribution is 5.38. The average molecular weight is 171 g/mol. The molecule has 1 heteroatoms. The highest BCUT2D eigenvalue weighted by atomic mass is 14.6. The molecule has 1 aliphatic rings. The first-order chi connectivity index (χ1) is 6.31. The Labute approximate surface area is 79.0 Å². The molecule has 0 aliphatic heterocycles. The van der Waals surface area contributed by atoms with Crippen LogP contribution in [0.2, 0.25) is 0 Å². The number of benzene rings is 1. The summed E-state index contributed by atoms with van der Waals surface area (Å²) in [5, 5.41) is 0. The Morgan fingerprint density at radius 1 is 1.31 bits per heavy atom. The van der Waals surface area contributed by atoms with Gasteiger partial charge in [0.05, 0.1) is 6.04 Å². The number of fused-ring (bicyclic) bond motifs is 1. The standard InChI is InChI=1S/C12H13N/c1-2-12(13)11-7-6-9-4-3-5-10(9)8-11/h1,6-8,12H,3-5,13H2. The van der Waals surface area contributed by atoms with Gasteiger partial charge in [-0.05, 0) is 36.0 Å². The summed E-state index contributed by atoms with van der Waals surface area (Å²) in [5.74, 6) is 2.55. The second kappa shape index (κ2) is 3.24. The molecule has 0 radical (unpaired) electrons. The van der Waals surface area contributed by atoms with Crippen molar-refractivity contribution in [1.82, 2.24) is 0 Å². The molecule has 13 heavy (non-hydrogen) atoms. The van der Waals surface area contributed by atoms with Gasteiger partial charge in [-0.2, -0.15) is 0 Å². The number of aryl methyl sites for hydroxylation is 2. The lowest BCUT2D eigenvalue weighted by atomic mass is 10.0. The third-order valence-electron chi connectivity index (χ3n) is 2.66. The molecule has 1 nitrogen and oxygen atoms in total. The Balaban J connectivity index is 2.37. The largest absolute Gasteiger partial charge is 0.314 e. The fraction of sp³-hybridized carbons (Fsp3) is 0.333. The molecule has 2 N–H and O–H groups in total. The van der Waals surface area contributed by atoms with E-state index in [9.17, 15) is 0 Å². The first kappa shape index (κ1) is 8.34. The number of hydrogen-bond acceptors (Lipinski definition) is 1. The van der Waals surface area contributed by atoms with Gasteiger partial charge in [-0.3, -0.25) is 0 Å². The van der Waals surface area contributed by atoms with Crippen molar-refractivity contribution in [2.24, 2.45) is 5.73 Å². The van der Waals surface area contributed by atoms with Crippen LogP contribution in [0.5, 0.6) is 0 Å². The van der Waals surface area contributed by atoms with Crippen LogP contribution in [0.15, 0.2) is 18.2 Å². The van der Waals surface area contributed by atoms with E-state index in [-0.39, 0.29) is 6.04 Å². The quantitative estimate of drug-likeness (QED) is 0.641. The average Bonchev–Trinajstić information content (AvgIpc) is 2.63. The molecular weight excluding hydrogens is 158 g/mol. The summed E-state index contributed by atoms with van der Waals surface area (Å²) in [7, 11) is 0. The van der Waals surface area contributed by atoms with Gasteiger partial charge in [0.25, 0.3) is 0 Å². The maximum absolute atomic E-state index is 5.75. The van der Waals surface area contributed by atoms with E-state index in [2.05, 4.69) is 24.1 Å². The molecule has 0 spiro atoms. The summed E-state index contributed by atoms with van der Waals surface area (Å²) >= 11 is 0. The predicted molar refractivity (Wildman–Crippen MR) is 54.2 cm³/mol. The minimum absolute atomic E-state index is 0.245. The summed E-state index contributed by atoms with van der Waals surface area (Å²) in [4.78, 5) is 0. The Kier molecular flexibility index (Phi) is 2.08. The van der Waals surface area contributed by atoms with Crippen molar-refractivity contribution in [3.63, 3.8) is 0 Å². The first-order valence-electron chi connectivity index (χ1n) is 4.64. The molecule has 66 valence electrons. The molecule has 0 heterocycles. The van der Waals surface area contributed by atoms with Gasteiger partial charge < -0.3 is 5.73 Å². The van der Waals surface area contributed by atoms with Crippen molar-refractivity contribution in [2.45, 2.75) is 25.3 Å². The molecule has 0 amide bonds.